The number of aliphatic hydroxyl groups is 1. The number of hydrogen-bond acceptors (Lipinski definition) is 14. The van der Waals surface area contributed by atoms with E-state index in [2.05, 4.69) is 46.0 Å². The molecule has 3 amide bonds. The molecule has 4 aliphatic rings. The van der Waals surface area contributed by atoms with Crippen molar-refractivity contribution in [3.63, 3.8) is 0 Å². The normalized spacial score (nSPS) is 21.6. The van der Waals surface area contributed by atoms with Crippen molar-refractivity contribution in [3.8, 4) is 16.2 Å². The Labute approximate surface area is 418 Å². The van der Waals surface area contributed by atoms with E-state index in [0.29, 0.717) is 66.0 Å². The van der Waals surface area contributed by atoms with Gasteiger partial charge in [0.25, 0.3) is 5.91 Å². The number of aryl methyl sites for hydroxylation is 1. The Bertz CT molecular complexity index is 2430. The van der Waals surface area contributed by atoms with Crippen LogP contribution >= 0.6 is 34.7 Å². The van der Waals surface area contributed by atoms with Gasteiger partial charge in [0.1, 0.15) is 34.9 Å². The SMILES string of the molecule is CNc1nc(Nc2ccc(C(O)N3CCN(C[C@H]4CC[C@H](CSC(C)(C)[C@H](NC(=O)C5(F)CC5)C(=O)N5CCCC5C(=O)NCc5ccc(-c6scnc6C)cc5)CC4)CC3)cc2OC)ncc1Cl. The molecule has 372 valence electrons. The molecule has 2 unspecified atom stereocenters. The summed E-state index contributed by atoms with van der Waals surface area (Å²) in [5.74, 6) is 1.98. The standard InChI is InChI=1S/C50H66ClFN10O5S2/c1-31-41(68-30-56-31)35-14-12-32(13-15-35)26-54-44(63)39-7-6-20-62(39)46(65)42(58-47(66)50(52)18-19-50)49(2,3)69-29-34-10-8-33(9-11-34)28-60-21-23-61(24-22-60)45(64)36-16-17-38(40(25-36)67-5)57-48-55-27-37(51)43(53-4)59-48/h12-17,25,27,30,33-34,39,42,45,64H,6-11,18-24,26,28-29H2,1-5H3,(H,54,63)(H,58,66)(H2,53,55,57,59)/t33-,34-,39?,42-,45?/m1/s1. The van der Waals surface area contributed by atoms with Crippen LogP contribution in [0.5, 0.6) is 5.75 Å². The molecule has 19 heteroatoms. The second-order valence-electron chi connectivity index (χ2n) is 19.5. The zero-order valence-electron chi connectivity index (χ0n) is 40.2. The van der Waals surface area contributed by atoms with Crippen LogP contribution in [0.4, 0.5) is 21.8 Å². The monoisotopic (exact) mass is 1000 g/mol. The lowest BCUT2D eigenvalue weighted by Gasteiger charge is -2.40. The van der Waals surface area contributed by atoms with Gasteiger partial charge in [-0.25, -0.2) is 14.4 Å². The third-order valence-corrected chi connectivity index (χ3v) is 17.1. The molecule has 4 fully saturated rings. The summed E-state index contributed by atoms with van der Waals surface area (Å²) in [5.41, 5.74) is 4.30. The molecule has 4 aromatic rings. The van der Waals surface area contributed by atoms with Crippen molar-refractivity contribution in [2.24, 2.45) is 11.8 Å². The second-order valence-corrected chi connectivity index (χ2v) is 22.4. The average Bonchev–Trinajstić information content (AvgIpc) is 3.68. The quantitative estimate of drug-likeness (QED) is 0.0622. The van der Waals surface area contributed by atoms with E-state index in [1.165, 1.54) is 6.20 Å². The van der Waals surface area contributed by atoms with Crippen molar-refractivity contribution in [3.05, 3.63) is 76.0 Å². The number of hydrogen-bond donors (Lipinski definition) is 5. The van der Waals surface area contributed by atoms with Crippen LogP contribution in [0.1, 0.15) is 88.3 Å². The van der Waals surface area contributed by atoms with Gasteiger partial charge in [0, 0.05) is 57.6 Å². The van der Waals surface area contributed by atoms with Gasteiger partial charge >= 0.3 is 0 Å². The fraction of sp³-hybridized carbons (Fsp3) is 0.560. The number of carbonyl (C=O) groups excluding carboxylic acids is 3. The summed E-state index contributed by atoms with van der Waals surface area (Å²) in [4.78, 5) is 61.8. The molecule has 0 bridgehead atoms. The van der Waals surface area contributed by atoms with E-state index in [-0.39, 0.29) is 24.7 Å². The van der Waals surface area contributed by atoms with Crippen LogP contribution in [0.2, 0.25) is 5.02 Å². The Kier molecular flexibility index (Phi) is 16.4. The van der Waals surface area contributed by atoms with Crippen LogP contribution in [0.3, 0.4) is 0 Å². The summed E-state index contributed by atoms with van der Waals surface area (Å²) < 4.78 is 20.1. The number of nitrogens with one attached hydrogen (secondary N) is 4. The largest absolute Gasteiger partial charge is 0.495 e. The number of aliphatic hydroxyl groups excluding tert-OH is 1. The molecule has 2 saturated heterocycles. The number of thiazole rings is 1. The number of nitrogens with zero attached hydrogens (tertiary/aromatic N) is 6. The lowest BCUT2D eigenvalue weighted by atomic mass is 9.82. The molecule has 2 saturated carbocycles. The Morgan fingerprint density at radius 3 is 2.41 bits per heavy atom. The molecule has 5 N–H and O–H groups in total. The number of likely N-dealkylation sites (tertiary alicyclic amines) is 1. The molecule has 4 heterocycles. The number of methoxy groups -OCH3 is 1. The zero-order valence-corrected chi connectivity index (χ0v) is 42.6. The van der Waals surface area contributed by atoms with Gasteiger partial charge in [-0.2, -0.15) is 16.7 Å². The predicted molar refractivity (Wildman–Crippen MR) is 272 cm³/mol. The minimum atomic E-state index is -1.94. The molecule has 0 spiro atoms. The Morgan fingerprint density at radius 2 is 1.74 bits per heavy atom. The van der Waals surface area contributed by atoms with Crippen LogP contribution in [0.15, 0.2) is 54.2 Å². The topological polar surface area (TPSA) is 177 Å². The number of alkyl halides is 1. The van der Waals surface area contributed by atoms with E-state index in [4.69, 9.17) is 16.3 Å². The molecule has 3 atom stereocenters. The first-order valence-electron chi connectivity index (χ1n) is 24.2. The van der Waals surface area contributed by atoms with E-state index in [1.54, 1.807) is 42.2 Å². The maximum atomic E-state index is 15.2. The number of rotatable bonds is 19. The number of carbonyl (C=O) groups is 3. The average molecular weight is 1010 g/mol. The van der Waals surface area contributed by atoms with Crippen LogP contribution in [0, 0.1) is 18.8 Å². The summed E-state index contributed by atoms with van der Waals surface area (Å²) in [5, 5.41) is 23.9. The number of aromatic nitrogens is 3. The Balaban J connectivity index is 0.797. The van der Waals surface area contributed by atoms with Gasteiger partial charge in [-0.15, -0.1) is 11.3 Å². The zero-order chi connectivity index (χ0) is 48.9. The van der Waals surface area contributed by atoms with Crippen molar-refractivity contribution in [2.45, 2.75) is 107 Å². The van der Waals surface area contributed by atoms with Gasteiger partial charge in [0.2, 0.25) is 17.8 Å². The molecule has 2 aliphatic heterocycles. The first kappa shape index (κ1) is 50.8. The Morgan fingerprint density at radius 1 is 1.01 bits per heavy atom. The maximum absolute atomic E-state index is 15.2. The van der Waals surface area contributed by atoms with Gasteiger partial charge in [0.15, 0.2) is 5.67 Å². The van der Waals surface area contributed by atoms with E-state index < -0.39 is 34.6 Å². The number of anilines is 3. The van der Waals surface area contributed by atoms with Crippen molar-refractivity contribution in [1.29, 1.82) is 0 Å². The van der Waals surface area contributed by atoms with Crippen molar-refractivity contribution in [2.75, 3.05) is 69.8 Å². The highest BCUT2D eigenvalue weighted by Gasteiger charge is 2.54. The van der Waals surface area contributed by atoms with E-state index in [1.807, 2.05) is 68.7 Å². The second kappa shape index (κ2) is 22.2. The molecule has 8 rings (SSSR count). The van der Waals surface area contributed by atoms with Crippen LogP contribution in [-0.4, -0.2) is 134 Å². The minimum Gasteiger partial charge on any atom is -0.495 e. The molecule has 2 aliphatic carbocycles. The lowest BCUT2D eigenvalue weighted by molar-refractivity contribution is -0.143. The number of amides is 3. The molecular formula is C50H66ClFN10O5S2. The number of benzene rings is 2. The van der Waals surface area contributed by atoms with Crippen molar-refractivity contribution >= 4 is 69.9 Å². The highest BCUT2D eigenvalue weighted by atomic mass is 35.5. The number of ether oxygens (including phenoxy) is 1. The summed E-state index contributed by atoms with van der Waals surface area (Å²) in [7, 11) is 3.33. The number of thioether (sulfide) groups is 1. The van der Waals surface area contributed by atoms with Gasteiger partial charge in [0.05, 0.1) is 35.1 Å². The third-order valence-electron chi connectivity index (χ3n) is 14.3. The van der Waals surface area contributed by atoms with Crippen molar-refractivity contribution in [1.82, 2.24) is 40.3 Å². The Hall–Kier alpha value is -4.59. The van der Waals surface area contributed by atoms with Crippen LogP contribution in [0.25, 0.3) is 10.4 Å². The fourth-order valence-electron chi connectivity index (χ4n) is 9.72. The van der Waals surface area contributed by atoms with Crippen LogP contribution < -0.4 is 26.0 Å². The highest BCUT2D eigenvalue weighted by molar-refractivity contribution is 8.00. The predicted octanol–water partition coefficient (Wildman–Crippen LogP) is 7.58. The molecule has 15 nitrogen and oxygen atoms in total. The number of piperazine rings is 1. The van der Waals surface area contributed by atoms with Gasteiger partial charge in [-0.3, -0.25) is 19.3 Å². The van der Waals surface area contributed by atoms with Crippen molar-refractivity contribution < 1.29 is 28.6 Å². The van der Waals surface area contributed by atoms with Crippen LogP contribution in [-0.2, 0) is 20.9 Å². The summed E-state index contributed by atoms with van der Waals surface area (Å²) in [6.45, 7) is 10.9. The highest BCUT2D eigenvalue weighted by Crippen LogP contribution is 2.42. The fourth-order valence-corrected chi connectivity index (χ4v) is 12.0. The molecule has 69 heavy (non-hydrogen) atoms. The lowest BCUT2D eigenvalue weighted by Crippen LogP contribution is -2.61. The maximum Gasteiger partial charge on any atom is 0.258 e. The summed E-state index contributed by atoms with van der Waals surface area (Å²) >= 11 is 9.41. The third kappa shape index (κ3) is 12.3. The van der Waals surface area contributed by atoms with E-state index in [9.17, 15) is 19.5 Å². The minimum absolute atomic E-state index is 0.151. The molecule has 2 aromatic heterocycles. The number of halogens is 2. The molecular weight excluding hydrogens is 939 g/mol. The van der Waals surface area contributed by atoms with Gasteiger partial charge in [-0.1, -0.05) is 41.9 Å². The molecule has 0 radical (unpaired) electrons. The van der Waals surface area contributed by atoms with Gasteiger partial charge < -0.3 is 40.9 Å². The first-order valence-corrected chi connectivity index (χ1v) is 26.4. The first-order chi connectivity index (χ1) is 33.1. The van der Waals surface area contributed by atoms with Gasteiger partial charge in [-0.05, 0) is 119 Å². The molecule has 2 aromatic carbocycles. The smallest absolute Gasteiger partial charge is 0.258 e. The van der Waals surface area contributed by atoms with E-state index >= 15 is 4.39 Å². The summed E-state index contributed by atoms with van der Waals surface area (Å²) in [6, 6.07) is 12.0. The summed E-state index contributed by atoms with van der Waals surface area (Å²) in [6.07, 6.45) is 6.59. The van der Waals surface area contributed by atoms with E-state index in [0.717, 1.165) is 91.4 Å².